The number of rotatable bonds is 8. The van der Waals surface area contributed by atoms with Crippen LogP contribution in [-0.4, -0.2) is 20.3 Å². The highest BCUT2D eigenvalue weighted by Gasteiger charge is 2.15. The van der Waals surface area contributed by atoms with Crippen LogP contribution in [0.5, 0.6) is 23.0 Å². The Kier molecular flexibility index (Phi) is 8.61. The van der Waals surface area contributed by atoms with Crippen molar-refractivity contribution in [3.63, 3.8) is 0 Å². The van der Waals surface area contributed by atoms with Gasteiger partial charge in [-0.15, -0.1) is 12.4 Å². The number of nitrogens with one attached hydrogen (secondary N) is 1. The van der Waals surface area contributed by atoms with Gasteiger partial charge in [-0.05, 0) is 69.0 Å². The van der Waals surface area contributed by atoms with E-state index in [4.69, 9.17) is 18.9 Å². The second kappa shape index (κ2) is 11.4. The van der Waals surface area contributed by atoms with Crippen molar-refractivity contribution in [3.05, 3.63) is 81.6 Å². The number of halogens is 3. The largest absolute Gasteiger partial charge is 0.493 e. The van der Waals surface area contributed by atoms with E-state index in [0.717, 1.165) is 32.7 Å². The Morgan fingerprint density at radius 3 is 2.34 bits per heavy atom. The third kappa shape index (κ3) is 6.06. The first-order valence-electron chi connectivity index (χ1n) is 9.95. The molecule has 1 aliphatic heterocycles. The molecule has 0 amide bonds. The van der Waals surface area contributed by atoms with Gasteiger partial charge in [0.25, 0.3) is 0 Å². The number of methoxy groups -OCH3 is 1. The number of benzene rings is 3. The maximum Gasteiger partial charge on any atom is 0.175 e. The van der Waals surface area contributed by atoms with E-state index in [0.29, 0.717) is 44.4 Å². The molecule has 0 saturated heterocycles. The van der Waals surface area contributed by atoms with Crippen LogP contribution in [0.15, 0.2) is 59.1 Å². The fraction of sp³-hybridized carbons (Fsp3) is 0.250. The maximum atomic E-state index is 13.0. The second-order valence-corrected chi connectivity index (χ2v) is 7.96. The van der Waals surface area contributed by atoms with Gasteiger partial charge in [-0.25, -0.2) is 4.39 Å². The summed E-state index contributed by atoms with van der Waals surface area (Å²) in [7, 11) is 1.62. The fourth-order valence-corrected chi connectivity index (χ4v) is 3.91. The summed E-state index contributed by atoms with van der Waals surface area (Å²) >= 11 is 3.60. The van der Waals surface area contributed by atoms with Gasteiger partial charge in [0, 0.05) is 13.1 Å². The molecule has 0 aromatic heterocycles. The van der Waals surface area contributed by atoms with Gasteiger partial charge in [0.15, 0.2) is 23.0 Å². The van der Waals surface area contributed by atoms with Crippen LogP contribution in [0.4, 0.5) is 4.39 Å². The summed E-state index contributed by atoms with van der Waals surface area (Å²) in [4.78, 5) is 0. The van der Waals surface area contributed by atoms with Crippen molar-refractivity contribution < 1.29 is 23.3 Å². The molecule has 0 atom stereocenters. The summed E-state index contributed by atoms with van der Waals surface area (Å²) < 4.78 is 36.6. The van der Waals surface area contributed by atoms with Crippen LogP contribution >= 0.6 is 28.3 Å². The van der Waals surface area contributed by atoms with Crippen molar-refractivity contribution in [2.24, 2.45) is 0 Å². The van der Waals surface area contributed by atoms with E-state index in [1.165, 1.54) is 12.1 Å². The van der Waals surface area contributed by atoms with Crippen LogP contribution < -0.4 is 24.3 Å². The third-order valence-corrected chi connectivity index (χ3v) is 5.44. The molecular formula is C24H24BrClFNO4. The summed E-state index contributed by atoms with van der Waals surface area (Å²) in [5.74, 6) is 2.54. The van der Waals surface area contributed by atoms with E-state index in [-0.39, 0.29) is 18.2 Å². The fourth-order valence-electron chi connectivity index (χ4n) is 3.30. The zero-order valence-corrected chi connectivity index (χ0v) is 19.9. The minimum atomic E-state index is -0.232. The molecule has 1 heterocycles. The first-order valence-corrected chi connectivity index (χ1v) is 10.7. The average Bonchev–Trinajstić information content (AvgIpc) is 2.79. The lowest BCUT2D eigenvalue weighted by Crippen LogP contribution is -2.15. The Morgan fingerprint density at radius 1 is 0.906 bits per heavy atom. The van der Waals surface area contributed by atoms with Crippen LogP contribution in [-0.2, 0) is 19.7 Å². The molecule has 32 heavy (non-hydrogen) atoms. The molecule has 5 nitrogen and oxygen atoms in total. The normalized spacial score (nSPS) is 12.1. The van der Waals surface area contributed by atoms with Gasteiger partial charge in [-0.3, -0.25) is 0 Å². The van der Waals surface area contributed by atoms with Crippen molar-refractivity contribution in [1.82, 2.24) is 5.32 Å². The van der Waals surface area contributed by atoms with Crippen molar-refractivity contribution in [1.29, 1.82) is 0 Å². The molecule has 0 saturated carbocycles. The van der Waals surface area contributed by atoms with E-state index < -0.39 is 0 Å². The monoisotopic (exact) mass is 523 g/mol. The number of fused-ring (bicyclic) bond motifs is 1. The Balaban J connectivity index is 0.00000289. The topological polar surface area (TPSA) is 49.0 Å². The summed E-state index contributed by atoms with van der Waals surface area (Å²) in [6.07, 6.45) is 0. The van der Waals surface area contributed by atoms with Crippen molar-refractivity contribution in [2.45, 2.75) is 19.7 Å². The van der Waals surface area contributed by atoms with Crippen LogP contribution in [0.1, 0.15) is 16.7 Å². The zero-order chi connectivity index (χ0) is 21.6. The molecule has 0 bridgehead atoms. The molecule has 0 aliphatic carbocycles. The van der Waals surface area contributed by atoms with Crippen LogP contribution in [0.25, 0.3) is 0 Å². The Morgan fingerprint density at radius 2 is 1.59 bits per heavy atom. The molecule has 4 rings (SSSR count). The summed E-state index contributed by atoms with van der Waals surface area (Å²) in [6, 6.07) is 16.2. The van der Waals surface area contributed by atoms with E-state index in [1.807, 2.05) is 30.3 Å². The molecule has 0 radical (unpaired) electrons. The molecule has 170 valence electrons. The first-order chi connectivity index (χ1) is 15.1. The second-order valence-electron chi connectivity index (χ2n) is 7.11. The lowest BCUT2D eigenvalue weighted by Gasteiger charge is -2.19. The van der Waals surface area contributed by atoms with E-state index in [1.54, 1.807) is 19.2 Å². The van der Waals surface area contributed by atoms with Gasteiger partial charge in [0.1, 0.15) is 25.6 Å². The predicted octanol–water partition coefficient (Wildman–Crippen LogP) is 5.66. The zero-order valence-electron chi connectivity index (χ0n) is 17.5. The Bertz CT molecular complexity index is 1050. The molecule has 8 heteroatoms. The average molecular weight is 525 g/mol. The molecule has 0 fully saturated rings. The highest BCUT2D eigenvalue weighted by atomic mass is 79.9. The van der Waals surface area contributed by atoms with E-state index >= 15 is 0 Å². The van der Waals surface area contributed by atoms with Gasteiger partial charge in [0.05, 0.1) is 11.6 Å². The van der Waals surface area contributed by atoms with Crippen molar-refractivity contribution >= 4 is 28.3 Å². The van der Waals surface area contributed by atoms with Crippen LogP contribution in [0.3, 0.4) is 0 Å². The molecule has 0 spiro atoms. The smallest absolute Gasteiger partial charge is 0.175 e. The first kappa shape index (κ1) is 24.2. The molecular weight excluding hydrogens is 501 g/mol. The summed E-state index contributed by atoms with van der Waals surface area (Å²) in [5.41, 5.74) is 3.03. The highest BCUT2D eigenvalue weighted by molar-refractivity contribution is 9.10. The third-order valence-electron chi connectivity index (χ3n) is 4.85. The minimum absolute atomic E-state index is 0. The Labute approximate surface area is 201 Å². The van der Waals surface area contributed by atoms with Gasteiger partial charge < -0.3 is 24.3 Å². The lowest BCUT2D eigenvalue weighted by molar-refractivity contribution is 0.171. The summed E-state index contributed by atoms with van der Waals surface area (Å²) in [6.45, 7) is 2.76. The minimum Gasteiger partial charge on any atom is -0.493 e. The van der Waals surface area contributed by atoms with Gasteiger partial charge >= 0.3 is 0 Å². The summed E-state index contributed by atoms with van der Waals surface area (Å²) in [5, 5.41) is 3.36. The number of hydrogen-bond acceptors (Lipinski definition) is 5. The number of hydrogen-bond donors (Lipinski definition) is 1. The standard InChI is InChI=1S/C24H23BrFNO4.ClH/c1-28-23-12-18(14-27-13-16-2-5-19(26)6-3-16)10-20(25)24(23)31-15-17-4-7-21-22(11-17)30-9-8-29-21;/h2-7,10-12,27H,8-9,13-15H2,1H3;1H. The molecule has 3 aromatic rings. The predicted molar refractivity (Wildman–Crippen MR) is 127 cm³/mol. The van der Waals surface area contributed by atoms with Crippen LogP contribution in [0.2, 0.25) is 0 Å². The molecule has 1 N–H and O–H groups in total. The lowest BCUT2D eigenvalue weighted by atomic mass is 10.1. The molecule has 3 aromatic carbocycles. The van der Waals surface area contributed by atoms with E-state index in [2.05, 4.69) is 21.2 Å². The maximum absolute atomic E-state index is 13.0. The quantitative estimate of drug-likeness (QED) is 0.412. The van der Waals surface area contributed by atoms with E-state index in [9.17, 15) is 4.39 Å². The van der Waals surface area contributed by atoms with Gasteiger partial charge in [0.2, 0.25) is 0 Å². The molecule has 0 unspecified atom stereocenters. The SMILES string of the molecule is COc1cc(CNCc2ccc(F)cc2)cc(Br)c1OCc1ccc2c(c1)OCCO2.Cl. The van der Waals surface area contributed by atoms with Crippen LogP contribution in [0, 0.1) is 5.82 Å². The molecule has 1 aliphatic rings. The van der Waals surface area contributed by atoms with Gasteiger partial charge in [-0.1, -0.05) is 18.2 Å². The highest BCUT2D eigenvalue weighted by Crippen LogP contribution is 2.38. The Hall–Kier alpha value is -2.48. The van der Waals surface area contributed by atoms with Crippen molar-refractivity contribution in [3.8, 4) is 23.0 Å². The van der Waals surface area contributed by atoms with Crippen molar-refractivity contribution in [2.75, 3.05) is 20.3 Å². The number of ether oxygens (including phenoxy) is 4. The van der Waals surface area contributed by atoms with Gasteiger partial charge in [-0.2, -0.15) is 0 Å².